The molecule has 168 valence electrons. The Kier molecular flexibility index (Phi) is 6.97. The molecule has 5 rings (SSSR count). The van der Waals surface area contributed by atoms with Crippen LogP contribution >= 0.6 is 35.3 Å². The van der Waals surface area contributed by atoms with Crippen LogP contribution in [0.2, 0.25) is 5.02 Å². The Morgan fingerprint density at radius 2 is 2.03 bits per heavy atom. The second kappa shape index (κ2) is 9.72. The van der Waals surface area contributed by atoms with E-state index in [1.165, 1.54) is 11.3 Å². The third-order valence-electron chi connectivity index (χ3n) is 5.47. The fourth-order valence-corrected chi connectivity index (χ4v) is 5.12. The van der Waals surface area contributed by atoms with Crippen LogP contribution < -0.4 is 4.90 Å². The summed E-state index contributed by atoms with van der Waals surface area (Å²) in [5.74, 6) is -0.102. The van der Waals surface area contributed by atoms with Crippen LogP contribution in [0.25, 0.3) is 15.9 Å². The Bertz CT molecular complexity index is 1250. The number of hydrogen-bond donors (Lipinski definition) is 0. The number of fused-ring (bicyclic) bond motifs is 2. The van der Waals surface area contributed by atoms with Crippen molar-refractivity contribution in [3.63, 3.8) is 0 Å². The normalized spacial score (nSPS) is 14.6. The molecule has 0 aliphatic carbocycles. The SMILES string of the molecule is Cc1nc2ccccn2c1C(=O)N(CCN1CCOCC1)c1nc2ccc(Cl)cc2s1.Cl. The zero-order valence-corrected chi connectivity index (χ0v) is 19.9. The van der Waals surface area contributed by atoms with Crippen molar-refractivity contribution in [2.45, 2.75) is 6.92 Å². The molecule has 1 amide bonds. The number of ether oxygens (including phenoxy) is 1. The number of aromatic nitrogens is 3. The number of halogens is 2. The van der Waals surface area contributed by atoms with E-state index in [0.717, 1.165) is 48.7 Å². The number of benzene rings is 1. The van der Waals surface area contributed by atoms with Gasteiger partial charge in [-0.2, -0.15) is 0 Å². The number of rotatable bonds is 5. The number of carbonyl (C=O) groups excluding carboxylic acids is 1. The minimum atomic E-state index is -0.102. The van der Waals surface area contributed by atoms with Crippen LogP contribution in [0.3, 0.4) is 0 Å². The Balaban J connectivity index is 0.00000245. The van der Waals surface area contributed by atoms with Gasteiger partial charge in [0.2, 0.25) is 0 Å². The number of imidazole rings is 1. The lowest BCUT2D eigenvalue weighted by molar-refractivity contribution is 0.0391. The average Bonchev–Trinajstić information content (AvgIpc) is 3.34. The van der Waals surface area contributed by atoms with E-state index in [0.29, 0.717) is 28.1 Å². The number of amides is 1. The molecule has 0 unspecified atom stereocenters. The molecule has 1 fully saturated rings. The summed E-state index contributed by atoms with van der Waals surface area (Å²) in [5, 5.41) is 1.33. The van der Waals surface area contributed by atoms with Gasteiger partial charge in [0, 0.05) is 37.4 Å². The van der Waals surface area contributed by atoms with Gasteiger partial charge in [0.05, 0.1) is 29.1 Å². The third-order valence-corrected chi connectivity index (χ3v) is 6.74. The van der Waals surface area contributed by atoms with Gasteiger partial charge in [-0.05, 0) is 37.3 Å². The van der Waals surface area contributed by atoms with Crippen LogP contribution in [-0.2, 0) is 4.74 Å². The number of thiazole rings is 1. The van der Waals surface area contributed by atoms with Gasteiger partial charge in [-0.25, -0.2) is 9.97 Å². The topological polar surface area (TPSA) is 63.0 Å². The van der Waals surface area contributed by atoms with Crippen LogP contribution in [-0.4, -0.2) is 64.6 Å². The van der Waals surface area contributed by atoms with Gasteiger partial charge >= 0.3 is 0 Å². The highest BCUT2D eigenvalue weighted by Gasteiger charge is 2.27. The van der Waals surface area contributed by atoms with Crippen molar-refractivity contribution in [2.75, 3.05) is 44.3 Å². The first-order valence-corrected chi connectivity index (χ1v) is 11.4. The highest BCUT2D eigenvalue weighted by Crippen LogP contribution is 2.32. The number of morpholine rings is 1. The Labute approximate surface area is 201 Å². The van der Waals surface area contributed by atoms with E-state index < -0.39 is 0 Å². The molecule has 0 spiro atoms. The summed E-state index contributed by atoms with van der Waals surface area (Å²) < 4.78 is 8.27. The molecule has 1 aromatic carbocycles. The Morgan fingerprint density at radius 1 is 1.22 bits per heavy atom. The first-order valence-electron chi connectivity index (χ1n) is 10.2. The van der Waals surface area contributed by atoms with Crippen LogP contribution in [0.4, 0.5) is 5.13 Å². The van der Waals surface area contributed by atoms with Gasteiger partial charge < -0.3 is 4.74 Å². The second-order valence-corrected chi connectivity index (χ2v) is 8.94. The second-order valence-electron chi connectivity index (χ2n) is 7.49. The molecule has 32 heavy (non-hydrogen) atoms. The number of aryl methyl sites for hydroxylation is 1. The van der Waals surface area contributed by atoms with Crippen molar-refractivity contribution in [1.29, 1.82) is 0 Å². The van der Waals surface area contributed by atoms with Crippen LogP contribution in [0.1, 0.15) is 16.2 Å². The maximum absolute atomic E-state index is 13.8. The largest absolute Gasteiger partial charge is 0.379 e. The van der Waals surface area contributed by atoms with Crippen molar-refractivity contribution in [3.8, 4) is 0 Å². The van der Waals surface area contributed by atoms with Crippen LogP contribution in [0.5, 0.6) is 0 Å². The molecule has 0 radical (unpaired) electrons. The fraction of sp³-hybridized carbons (Fsp3) is 0.318. The zero-order chi connectivity index (χ0) is 21.4. The van der Waals surface area contributed by atoms with Gasteiger partial charge in [-0.15, -0.1) is 12.4 Å². The summed E-state index contributed by atoms with van der Waals surface area (Å²) in [7, 11) is 0. The van der Waals surface area contributed by atoms with Gasteiger partial charge in [-0.1, -0.05) is 29.0 Å². The van der Waals surface area contributed by atoms with Crippen molar-refractivity contribution in [3.05, 3.63) is 59.0 Å². The predicted molar refractivity (Wildman–Crippen MR) is 131 cm³/mol. The molecule has 0 saturated carbocycles. The van der Waals surface area contributed by atoms with Crippen LogP contribution in [0.15, 0.2) is 42.6 Å². The van der Waals surface area contributed by atoms with Gasteiger partial charge in [0.1, 0.15) is 11.3 Å². The number of carbonyl (C=O) groups is 1. The first kappa shape index (κ1) is 22.9. The molecule has 10 heteroatoms. The summed E-state index contributed by atoms with van der Waals surface area (Å²) in [6.07, 6.45) is 1.88. The van der Waals surface area contributed by atoms with Crippen molar-refractivity contribution >= 4 is 62.2 Å². The smallest absolute Gasteiger partial charge is 0.279 e. The molecule has 7 nitrogen and oxygen atoms in total. The lowest BCUT2D eigenvalue weighted by Crippen LogP contribution is -2.43. The minimum Gasteiger partial charge on any atom is -0.379 e. The fourth-order valence-electron chi connectivity index (χ4n) is 3.85. The van der Waals surface area contributed by atoms with Crippen molar-refractivity contribution in [2.24, 2.45) is 0 Å². The Morgan fingerprint density at radius 3 is 2.84 bits per heavy atom. The molecule has 4 heterocycles. The Hall–Kier alpha value is -2.23. The summed E-state index contributed by atoms with van der Waals surface area (Å²) in [5.41, 5.74) is 2.86. The highest BCUT2D eigenvalue weighted by molar-refractivity contribution is 7.22. The molecular weight excluding hydrogens is 469 g/mol. The van der Waals surface area contributed by atoms with E-state index in [1.807, 2.05) is 53.9 Å². The predicted octanol–water partition coefficient (Wildman–Crippen LogP) is 4.31. The third kappa shape index (κ3) is 4.46. The van der Waals surface area contributed by atoms with E-state index in [9.17, 15) is 4.79 Å². The van der Waals surface area contributed by atoms with Crippen molar-refractivity contribution < 1.29 is 9.53 Å². The monoisotopic (exact) mass is 491 g/mol. The summed E-state index contributed by atoms with van der Waals surface area (Å²) in [6, 6.07) is 11.3. The van der Waals surface area contributed by atoms with E-state index in [1.54, 1.807) is 4.90 Å². The molecule has 1 saturated heterocycles. The van der Waals surface area contributed by atoms with Gasteiger partial charge in [0.25, 0.3) is 5.91 Å². The van der Waals surface area contributed by atoms with Crippen molar-refractivity contribution in [1.82, 2.24) is 19.3 Å². The molecule has 1 aliphatic heterocycles. The lowest BCUT2D eigenvalue weighted by Gasteiger charge is -2.29. The van der Waals surface area contributed by atoms with E-state index in [2.05, 4.69) is 9.88 Å². The molecule has 0 atom stereocenters. The number of anilines is 1. The highest BCUT2D eigenvalue weighted by atomic mass is 35.5. The molecule has 4 aromatic rings. The van der Waals surface area contributed by atoms with E-state index in [-0.39, 0.29) is 18.3 Å². The van der Waals surface area contributed by atoms with E-state index in [4.69, 9.17) is 21.3 Å². The number of pyridine rings is 1. The zero-order valence-electron chi connectivity index (χ0n) is 17.5. The summed E-state index contributed by atoms with van der Waals surface area (Å²) in [6.45, 7) is 6.34. The quantitative estimate of drug-likeness (QED) is 0.416. The maximum Gasteiger partial charge on any atom is 0.279 e. The van der Waals surface area contributed by atoms with Crippen LogP contribution in [0, 0.1) is 6.92 Å². The molecule has 1 aliphatic rings. The maximum atomic E-state index is 13.8. The van der Waals surface area contributed by atoms with Gasteiger partial charge in [0.15, 0.2) is 5.13 Å². The molecule has 3 aromatic heterocycles. The minimum absolute atomic E-state index is 0. The average molecular weight is 492 g/mol. The number of hydrogen-bond acceptors (Lipinski definition) is 6. The molecule has 0 bridgehead atoms. The summed E-state index contributed by atoms with van der Waals surface area (Å²) >= 11 is 7.65. The molecular formula is C22H23Cl2N5O2S. The number of nitrogens with zero attached hydrogens (tertiary/aromatic N) is 5. The summed E-state index contributed by atoms with van der Waals surface area (Å²) in [4.78, 5) is 27.2. The van der Waals surface area contributed by atoms with E-state index >= 15 is 0 Å². The first-order chi connectivity index (χ1) is 15.1. The van der Waals surface area contributed by atoms with Gasteiger partial charge in [-0.3, -0.25) is 19.0 Å². The molecule has 0 N–H and O–H groups in total. The lowest BCUT2D eigenvalue weighted by atomic mass is 10.3. The standard InChI is InChI=1S/C22H22ClN5O2S.ClH/c1-15-20(27-7-3-2-4-19(27)24-15)21(29)28(9-8-26-10-12-30-13-11-26)22-25-17-6-5-16(23)14-18(17)31-22;/h2-7,14H,8-13H2,1H3;1H.